The average Bonchev–Trinajstić information content (AvgIpc) is 2.88. The summed E-state index contributed by atoms with van der Waals surface area (Å²) in [6.45, 7) is 3.74. The first-order valence-corrected chi connectivity index (χ1v) is 6.18. The minimum absolute atomic E-state index is 0.288. The summed E-state index contributed by atoms with van der Waals surface area (Å²) in [4.78, 5) is 0. The molecule has 2 aromatic carbocycles. The van der Waals surface area contributed by atoms with Gasteiger partial charge in [-0.2, -0.15) is 0 Å². The predicted molar refractivity (Wildman–Crippen MR) is 77.2 cm³/mol. The molecule has 0 radical (unpaired) electrons. The topological polar surface area (TPSA) is 33.4 Å². The van der Waals surface area contributed by atoms with Crippen molar-refractivity contribution in [2.24, 2.45) is 0 Å². The lowest BCUT2D eigenvalue weighted by Gasteiger charge is -2.07. The standard InChI is InChI=1S/C17H14O2/c1-2-3-12-4-6-16(18)15(10-12)13-5-7-17-14(11-13)8-9-19-17/h2,4-11,18H,1,3H2. The maximum atomic E-state index is 10.0. The van der Waals surface area contributed by atoms with Crippen LogP contribution < -0.4 is 0 Å². The van der Waals surface area contributed by atoms with E-state index in [0.29, 0.717) is 0 Å². The van der Waals surface area contributed by atoms with Gasteiger partial charge in [-0.25, -0.2) is 0 Å². The van der Waals surface area contributed by atoms with Gasteiger partial charge in [0.25, 0.3) is 0 Å². The van der Waals surface area contributed by atoms with E-state index in [2.05, 4.69) is 6.58 Å². The van der Waals surface area contributed by atoms with Crippen LogP contribution in [0.15, 0.2) is 65.8 Å². The molecule has 3 rings (SSSR count). The average molecular weight is 250 g/mol. The van der Waals surface area contributed by atoms with Gasteiger partial charge < -0.3 is 9.52 Å². The zero-order valence-corrected chi connectivity index (χ0v) is 10.5. The monoisotopic (exact) mass is 250 g/mol. The third-order valence-electron chi connectivity index (χ3n) is 3.20. The molecule has 0 saturated heterocycles. The highest BCUT2D eigenvalue weighted by Gasteiger charge is 2.07. The number of aromatic hydroxyl groups is 1. The van der Waals surface area contributed by atoms with Crippen LogP contribution in [0.1, 0.15) is 5.56 Å². The fourth-order valence-electron chi connectivity index (χ4n) is 2.24. The molecule has 0 spiro atoms. The number of rotatable bonds is 3. The second-order valence-corrected chi connectivity index (χ2v) is 4.52. The molecule has 3 aromatic rings. The number of allylic oxidation sites excluding steroid dienone is 1. The molecule has 1 aromatic heterocycles. The number of hydrogen-bond donors (Lipinski definition) is 1. The Bertz CT molecular complexity index is 738. The van der Waals surface area contributed by atoms with Gasteiger partial charge in [0, 0.05) is 10.9 Å². The van der Waals surface area contributed by atoms with Gasteiger partial charge in [-0.1, -0.05) is 18.2 Å². The SMILES string of the molecule is C=CCc1ccc(O)c(-c2ccc3occc3c2)c1. The van der Waals surface area contributed by atoms with Gasteiger partial charge in [0.15, 0.2) is 0 Å². The van der Waals surface area contributed by atoms with E-state index in [1.54, 1.807) is 12.3 Å². The second-order valence-electron chi connectivity index (χ2n) is 4.52. The first kappa shape index (κ1) is 11.6. The van der Waals surface area contributed by atoms with Crippen molar-refractivity contribution in [2.75, 3.05) is 0 Å². The van der Waals surface area contributed by atoms with Gasteiger partial charge in [0.2, 0.25) is 0 Å². The van der Waals surface area contributed by atoms with Crippen molar-refractivity contribution in [1.82, 2.24) is 0 Å². The number of benzene rings is 2. The van der Waals surface area contributed by atoms with Gasteiger partial charge in [0.1, 0.15) is 11.3 Å². The third-order valence-corrected chi connectivity index (χ3v) is 3.20. The van der Waals surface area contributed by atoms with Crippen molar-refractivity contribution < 1.29 is 9.52 Å². The minimum atomic E-state index is 0.288. The largest absolute Gasteiger partial charge is 0.507 e. The number of hydrogen-bond acceptors (Lipinski definition) is 2. The molecule has 19 heavy (non-hydrogen) atoms. The summed E-state index contributed by atoms with van der Waals surface area (Å²) < 4.78 is 5.33. The highest BCUT2D eigenvalue weighted by Crippen LogP contribution is 2.32. The van der Waals surface area contributed by atoms with Crippen LogP contribution in [-0.2, 0) is 6.42 Å². The summed E-state index contributed by atoms with van der Waals surface area (Å²) in [6.07, 6.45) is 4.32. The summed E-state index contributed by atoms with van der Waals surface area (Å²) in [7, 11) is 0. The van der Waals surface area contributed by atoms with Crippen LogP contribution in [0.2, 0.25) is 0 Å². The first-order valence-electron chi connectivity index (χ1n) is 6.18. The minimum Gasteiger partial charge on any atom is -0.507 e. The van der Waals surface area contributed by atoms with Gasteiger partial charge in [0.05, 0.1) is 6.26 Å². The van der Waals surface area contributed by atoms with Crippen molar-refractivity contribution >= 4 is 11.0 Å². The Labute approximate surface area is 111 Å². The van der Waals surface area contributed by atoms with Crippen LogP contribution in [-0.4, -0.2) is 5.11 Å². The molecule has 0 aliphatic rings. The fourth-order valence-corrected chi connectivity index (χ4v) is 2.24. The van der Waals surface area contributed by atoms with E-state index in [9.17, 15) is 5.11 Å². The van der Waals surface area contributed by atoms with Crippen LogP contribution in [0.3, 0.4) is 0 Å². The molecule has 0 aliphatic heterocycles. The Morgan fingerprint density at radius 3 is 2.84 bits per heavy atom. The number of phenolic OH excluding ortho intramolecular Hbond substituents is 1. The quantitative estimate of drug-likeness (QED) is 0.692. The molecule has 1 N–H and O–H groups in total. The Hall–Kier alpha value is -2.48. The maximum Gasteiger partial charge on any atom is 0.133 e. The third kappa shape index (κ3) is 2.13. The summed E-state index contributed by atoms with van der Waals surface area (Å²) in [5.74, 6) is 0.288. The van der Waals surface area contributed by atoms with E-state index in [0.717, 1.165) is 34.1 Å². The lowest BCUT2D eigenvalue weighted by Crippen LogP contribution is -1.85. The normalized spacial score (nSPS) is 10.7. The van der Waals surface area contributed by atoms with Gasteiger partial charge in [-0.05, 0) is 47.9 Å². The van der Waals surface area contributed by atoms with Crippen molar-refractivity contribution in [3.8, 4) is 16.9 Å². The molecule has 2 nitrogen and oxygen atoms in total. The van der Waals surface area contributed by atoms with Gasteiger partial charge in [-0.15, -0.1) is 6.58 Å². The molecular weight excluding hydrogens is 236 g/mol. The molecule has 0 fully saturated rings. The highest BCUT2D eigenvalue weighted by atomic mass is 16.3. The number of fused-ring (bicyclic) bond motifs is 1. The summed E-state index contributed by atoms with van der Waals surface area (Å²) >= 11 is 0. The molecule has 2 heteroatoms. The Morgan fingerprint density at radius 2 is 2.00 bits per heavy atom. The van der Waals surface area contributed by atoms with Crippen molar-refractivity contribution in [1.29, 1.82) is 0 Å². The zero-order chi connectivity index (χ0) is 13.2. The van der Waals surface area contributed by atoms with E-state index >= 15 is 0 Å². The van der Waals surface area contributed by atoms with E-state index in [1.165, 1.54) is 0 Å². The lowest BCUT2D eigenvalue weighted by atomic mass is 9.99. The van der Waals surface area contributed by atoms with E-state index in [4.69, 9.17) is 4.42 Å². The Kier molecular flexibility index (Phi) is 2.84. The summed E-state index contributed by atoms with van der Waals surface area (Å²) in [5, 5.41) is 11.1. The molecular formula is C17H14O2. The van der Waals surface area contributed by atoms with Gasteiger partial charge in [-0.3, -0.25) is 0 Å². The van der Waals surface area contributed by atoms with Crippen molar-refractivity contribution in [2.45, 2.75) is 6.42 Å². The molecule has 94 valence electrons. The van der Waals surface area contributed by atoms with Crippen molar-refractivity contribution in [3.63, 3.8) is 0 Å². The summed E-state index contributed by atoms with van der Waals surface area (Å²) in [6, 6.07) is 13.5. The number of phenols is 1. The highest BCUT2D eigenvalue weighted by molar-refractivity contribution is 5.85. The maximum absolute atomic E-state index is 10.0. The van der Waals surface area contributed by atoms with E-state index in [-0.39, 0.29) is 5.75 Å². The predicted octanol–water partition coefficient (Wildman–Crippen LogP) is 4.53. The molecule has 0 aliphatic carbocycles. The molecule has 0 atom stereocenters. The molecule has 0 amide bonds. The first-order chi connectivity index (χ1) is 9.28. The molecule has 0 saturated carbocycles. The molecule has 1 heterocycles. The van der Waals surface area contributed by atoms with Crippen LogP contribution >= 0.6 is 0 Å². The molecule has 0 unspecified atom stereocenters. The Balaban J connectivity index is 2.13. The van der Waals surface area contributed by atoms with Crippen LogP contribution in [0, 0.1) is 0 Å². The van der Waals surface area contributed by atoms with E-state index < -0.39 is 0 Å². The number of furan rings is 1. The van der Waals surface area contributed by atoms with Crippen LogP contribution in [0.25, 0.3) is 22.1 Å². The smallest absolute Gasteiger partial charge is 0.133 e. The van der Waals surface area contributed by atoms with Crippen LogP contribution in [0.5, 0.6) is 5.75 Å². The lowest BCUT2D eigenvalue weighted by molar-refractivity contribution is 0.477. The van der Waals surface area contributed by atoms with Crippen LogP contribution in [0.4, 0.5) is 0 Å². The fraction of sp³-hybridized carbons (Fsp3) is 0.0588. The van der Waals surface area contributed by atoms with Gasteiger partial charge >= 0.3 is 0 Å². The van der Waals surface area contributed by atoms with E-state index in [1.807, 2.05) is 42.5 Å². The molecule has 0 bridgehead atoms. The Morgan fingerprint density at radius 1 is 1.11 bits per heavy atom. The second kappa shape index (κ2) is 4.65. The summed E-state index contributed by atoms with van der Waals surface area (Å²) in [5.41, 5.74) is 3.81. The zero-order valence-electron chi connectivity index (χ0n) is 10.5. The van der Waals surface area contributed by atoms with Crippen molar-refractivity contribution in [3.05, 3.63) is 66.9 Å².